The molecule has 0 amide bonds. The van der Waals surface area contributed by atoms with E-state index in [-0.39, 0.29) is 18.2 Å². The maximum absolute atomic E-state index is 14.3. The quantitative estimate of drug-likeness (QED) is 0.812. The monoisotopic (exact) mass is 318 g/mol. The van der Waals surface area contributed by atoms with Crippen LogP contribution in [0.25, 0.3) is 0 Å². The molecule has 0 spiro atoms. The van der Waals surface area contributed by atoms with Gasteiger partial charge in [-0.25, -0.2) is 4.39 Å². The number of rotatable bonds is 4. The zero-order chi connectivity index (χ0) is 14.7. The summed E-state index contributed by atoms with van der Waals surface area (Å²) in [5.41, 5.74) is 1.10. The highest BCUT2D eigenvalue weighted by molar-refractivity contribution is 6.31. The molecule has 0 aromatic heterocycles. The van der Waals surface area contributed by atoms with E-state index < -0.39 is 11.3 Å². The van der Waals surface area contributed by atoms with Gasteiger partial charge in [0.25, 0.3) is 0 Å². The number of carboxylic acids is 1. The predicted molar refractivity (Wildman–Crippen MR) is 78.2 cm³/mol. The van der Waals surface area contributed by atoms with Crippen LogP contribution in [0, 0.1) is 5.82 Å². The van der Waals surface area contributed by atoms with Crippen molar-refractivity contribution >= 4 is 29.2 Å². The van der Waals surface area contributed by atoms with Crippen molar-refractivity contribution in [3.05, 3.63) is 34.1 Å². The summed E-state index contributed by atoms with van der Waals surface area (Å²) in [5.74, 6) is -1.27. The van der Waals surface area contributed by atoms with Crippen molar-refractivity contribution in [2.75, 3.05) is 0 Å². The highest BCUT2D eigenvalue weighted by Gasteiger charge is 2.23. The maximum Gasteiger partial charge on any atom is 0.321 e. The lowest BCUT2D eigenvalue weighted by atomic mass is 9.83. The van der Waals surface area contributed by atoms with Gasteiger partial charge < -0.3 is 5.11 Å². The van der Waals surface area contributed by atoms with E-state index in [0.717, 1.165) is 25.7 Å². The summed E-state index contributed by atoms with van der Waals surface area (Å²) in [4.78, 5) is 10.7. The van der Waals surface area contributed by atoms with Gasteiger partial charge in [0.1, 0.15) is 11.2 Å². The molecule has 5 heteroatoms. The van der Waals surface area contributed by atoms with Crippen molar-refractivity contribution in [1.29, 1.82) is 0 Å². The van der Waals surface area contributed by atoms with Gasteiger partial charge in [-0.2, -0.15) is 0 Å². The van der Waals surface area contributed by atoms with Crippen LogP contribution in [0.1, 0.15) is 49.1 Å². The maximum atomic E-state index is 14.3. The molecule has 20 heavy (non-hydrogen) atoms. The summed E-state index contributed by atoms with van der Waals surface area (Å²) in [6, 6.07) is 3.01. The van der Waals surface area contributed by atoms with Crippen LogP contribution in [0.2, 0.25) is 5.02 Å². The van der Waals surface area contributed by atoms with Gasteiger partial charge in [-0.15, -0.1) is 11.6 Å². The Bertz CT molecular complexity index is 476. The largest absolute Gasteiger partial charge is 0.480 e. The summed E-state index contributed by atoms with van der Waals surface area (Å²) in [5, 5.41) is 8.11. The molecule has 0 aliphatic heterocycles. The summed E-state index contributed by atoms with van der Waals surface area (Å²) in [7, 11) is 0. The first-order valence-electron chi connectivity index (χ1n) is 6.83. The molecule has 1 aromatic carbocycles. The Balaban J connectivity index is 2.22. The molecule has 1 N–H and O–H groups in total. The summed E-state index contributed by atoms with van der Waals surface area (Å²) in [6.07, 6.45) is 5.39. The molecule has 1 aliphatic rings. The van der Waals surface area contributed by atoms with E-state index in [1.807, 2.05) is 0 Å². The predicted octanol–water partition coefficient (Wildman–Crippen LogP) is 4.76. The molecule has 0 heterocycles. The second kappa shape index (κ2) is 6.77. The lowest BCUT2D eigenvalue weighted by Crippen LogP contribution is -2.16. The van der Waals surface area contributed by atoms with Crippen molar-refractivity contribution in [3.8, 4) is 0 Å². The van der Waals surface area contributed by atoms with Crippen LogP contribution >= 0.6 is 23.2 Å². The van der Waals surface area contributed by atoms with Gasteiger partial charge in [0.15, 0.2) is 0 Å². The number of aliphatic carboxylic acids is 1. The van der Waals surface area contributed by atoms with E-state index in [0.29, 0.717) is 16.1 Å². The second-order valence-electron chi connectivity index (χ2n) is 5.32. The normalized spacial score (nSPS) is 17.9. The second-order valence-corrected chi connectivity index (χ2v) is 6.25. The molecule has 1 aliphatic carbocycles. The van der Waals surface area contributed by atoms with E-state index in [4.69, 9.17) is 28.3 Å². The molecule has 1 fully saturated rings. The Morgan fingerprint density at radius 1 is 1.35 bits per heavy atom. The number of hydrogen-bond donors (Lipinski definition) is 1. The Morgan fingerprint density at radius 2 is 2.00 bits per heavy atom. The van der Waals surface area contributed by atoms with Crippen molar-refractivity contribution in [1.82, 2.24) is 0 Å². The first-order valence-corrected chi connectivity index (χ1v) is 7.65. The van der Waals surface area contributed by atoms with Crippen molar-refractivity contribution < 1.29 is 14.3 Å². The van der Waals surface area contributed by atoms with Crippen LogP contribution in [0.3, 0.4) is 0 Å². The lowest BCUT2D eigenvalue weighted by Gasteiger charge is -2.24. The molecule has 110 valence electrons. The Labute approximate surface area is 127 Å². The van der Waals surface area contributed by atoms with Gasteiger partial charge >= 0.3 is 5.97 Å². The smallest absolute Gasteiger partial charge is 0.321 e. The number of benzene rings is 1. The zero-order valence-corrected chi connectivity index (χ0v) is 12.6. The minimum absolute atomic E-state index is 0.0679. The van der Waals surface area contributed by atoms with Crippen LogP contribution in [0.15, 0.2) is 12.1 Å². The third-order valence-corrected chi connectivity index (χ3v) is 4.49. The van der Waals surface area contributed by atoms with E-state index in [2.05, 4.69) is 0 Å². The van der Waals surface area contributed by atoms with Crippen molar-refractivity contribution in [2.45, 2.75) is 49.8 Å². The van der Waals surface area contributed by atoms with Gasteiger partial charge in [-0.1, -0.05) is 30.9 Å². The zero-order valence-electron chi connectivity index (χ0n) is 11.0. The third kappa shape index (κ3) is 3.64. The van der Waals surface area contributed by atoms with Crippen LogP contribution in [-0.4, -0.2) is 16.5 Å². The van der Waals surface area contributed by atoms with Crippen molar-refractivity contribution in [2.24, 2.45) is 0 Å². The standard InChI is InChI=1S/C15H17Cl2FO2/c16-11-6-9(7-12(17)15(19)20)8-13(18)14(11)10-4-2-1-3-5-10/h6,8,10,12H,1-5,7H2,(H,19,20). The molecule has 2 rings (SSSR count). The van der Waals surface area contributed by atoms with Crippen LogP contribution in [-0.2, 0) is 11.2 Å². The van der Waals surface area contributed by atoms with Gasteiger partial charge in [0.05, 0.1) is 0 Å². The Morgan fingerprint density at radius 3 is 2.55 bits per heavy atom. The Hall–Kier alpha value is -0.800. The molecule has 2 nitrogen and oxygen atoms in total. The van der Waals surface area contributed by atoms with Gasteiger partial charge in [-0.3, -0.25) is 4.79 Å². The highest BCUT2D eigenvalue weighted by Crippen LogP contribution is 2.38. The highest BCUT2D eigenvalue weighted by atomic mass is 35.5. The first-order chi connectivity index (χ1) is 9.49. The van der Waals surface area contributed by atoms with Crippen LogP contribution in [0.4, 0.5) is 4.39 Å². The van der Waals surface area contributed by atoms with E-state index >= 15 is 0 Å². The molecular weight excluding hydrogens is 302 g/mol. The molecular formula is C15H17Cl2FO2. The lowest BCUT2D eigenvalue weighted by molar-refractivity contribution is -0.136. The number of carbonyl (C=O) groups is 1. The fourth-order valence-corrected chi connectivity index (χ4v) is 3.39. The fraction of sp³-hybridized carbons (Fsp3) is 0.533. The minimum Gasteiger partial charge on any atom is -0.480 e. The minimum atomic E-state index is -1.11. The van der Waals surface area contributed by atoms with E-state index in [9.17, 15) is 9.18 Å². The van der Waals surface area contributed by atoms with E-state index in [1.165, 1.54) is 12.5 Å². The van der Waals surface area contributed by atoms with E-state index in [1.54, 1.807) is 6.07 Å². The van der Waals surface area contributed by atoms with Crippen molar-refractivity contribution in [3.63, 3.8) is 0 Å². The average Bonchev–Trinajstić information content (AvgIpc) is 2.39. The summed E-state index contributed by atoms with van der Waals surface area (Å²) < 4.78 is 14.3. The molecule has 1 unspecified atom stereocenters. The molecule has 1 saturated carbocycles. The van der Waals surface area contributed by atoms with Crippen LogP contribution < -0.4 is 0 Å². The first kappa shape index (κ1) is 15.6. The topological polar surface area (TPSA) is 37.3 Å². The Kier molecular flexibility index (Phi) is 5.28. The summed E-state index contributed by atoms with van der Waals surface area (Å²) >= 11 is 11.9. The molecule has 0 radical (unpaired) electrons. The number of carboxylic acid groups (broad SMARTS) is 1. The SMILES string of the molecule is O=C(O)C(Cl)Cc1cc(F)c(C2CCCCC2)c(Cl)c1. The number of hydrogen-bond acceptors (Lipinski definition) is 1. The number of halogens is 3. The molecule has 0 bridgehead atoms. The molecule has 1 atom stereocenters. The molecule has 0 saturated heterocycles. The molecule has 1 aromatic rings. The van der Waals surface area contributed by atoms with Gasteiger partial charge in [0.2, 0.25) is 0 Å². The third-order valence-electron chi connectivity index (χ3n) is 3.84. The fourth-order valence-electron chi connectivity index (χ4n) is 2.83. The average molecular weight is 319 g/mol. The van der Waals surface area contributed by atoms with Crippen LogP contribution in [0.5, 0.6) is 0 Å². The van der Waals surface area contributed by atoms with Gasteiger partial charge in [-0.05, 0) is 42.9 Å². The van der Waals surface area contributed by atoms with Gasteiger partial charge in [0, 0.05) is 10.6 Å². The summed E-state index contributed by atoms with van der Waals surface area (Å²) in [6.45, 7) is 0. The number of alkyl halides is 1.